The summed E-state index contributed by atoms with van der Waals surface area (Å²) in [6.07, 6.45) is 5.53. The van der Waals surface area contributed by atoms with Crippen LogP contribution in [0.15, 0.2) is 29.2 Å². The molecule has 23 heavy (non-hydrogen) atoms. The van der Waals surface area contributed by atoms with Crippen molar-refractivity contribution in [2.24, 2.45) is 5.92 Å². The standard InChI is InChI=1S/C16H19N5O2/c1-10-7-21(15-4-5-17-9-18-15)8-13(10)19-16(22)12-6-14(23-20-12)11-2-3-11/h4-6,9-11,13H,2-3,7-8H2,1H3,(H,19,22)/t10-,13+/m1/s1. The Morgan fingerprint density at radius 2 is 2.26 bits per heavy atom. The maximum absolute atomic E-state index is 12.4. The zero-order valence-corrected chi connectivity index (χ0v) is 13.0. The third kappa shape index (κ3) is 2.91. The molecule has 7 heteroatoms. The number of hydrogen-bond donors (Lipinski definition) is 1. The van der Waals surface area contributed by atoms with Gasteiger partial charge in [-0.1, -0.05) is 12.1 Å². The lowest BCUT2D eigenvalue weighted by Crippen LogP contribution is -2.40. The van der Waals surface area contributed by atoms with Crippen molar-refractivity contribution in [1.82, 2.24) is 20.4 Å². The number of amides is 1. The normalized spacial score (nSPS) is 24.0. The lowest BCUT2D eigenvalue weighted by molar-refractivity contribution is 0.0924. The highest BCUT2D eigenvalue weighted by Gasteiger charge is 2.33. The molecule has 1 saturated heterocycles. The van der Waals surface area contributed by atoms with E-state index in [2.05, 4.69) is 32.3 Å². The minimum atomic E-state index is -0.165. The van der Waals surface area contributed by atoms with Crippen molar-refractivity contribution >= 4 is 11.7 Å². The molecule has 0 spiro atoms. The molecule has 7 nitrogen and oxygen atoms in total. The summed E-state index contributed by atoms with van der Waals surface area (Å²) in [5.74, 6) is 2.35. The molecule has 2 aromatic heterocycles. The first-order valence-corrected chi connectivity index (χ1v) is 7.99. The quantitative estimate of drug-likeness (QED) is 0.923. The van der Waals surface area contributed by atoms with Crippen LogP contribution >= 0.6 is 0 Å². The third-order valence-corrected chi connectivity index (χ3v) is 4.56. The van der Waals surface area contributed by atoms with Gasteiger partial charge in [0.2, 0.25) is 0 Å². The van der Waals surface area contributed by atoms with Crippen molar-refractivity contribution in [3.63, 3.8) is 0 Å². The minimum Gasteiger partial charge on any atom is -0.360 e. The van der Waals surface area contributed by atoms with Gasteiger partial charge in [0, 0.05) is 31.3 Å². The van der Waals surface area contributed by atoms with Gasteiger partial charge in [0.15, 0.2) is 5.69 Å². The van der Waals surface area contributed by atoms with Crippen LogP contribution in [-0.2, 0) is 0 Å². The van der Waals surface area contributed by atoms with Crippen molar-refractivity contribution in [3.8, 4) is 0 Å². The van der Waals surface area contributed by atoms with Gasteiger partial charge in [-0.25, -0.2) is 9.97 Å². The van der Waals surface area contributed by atoms with Crippen LogP contribution in [0.5, 0.6) is 0 Å². The molecule has 2 fully saturated rings. The van der Waals surface area contributed by atoms with Gasteiger partial charge in [0.1, 0.15) is 17.9 Å². The average molecular weight is 313 g/mol. The predicted octanol–water partition coefficient (Wildman–Crippen LogP) is 1.60. The van der Waals surface area contributed by atoms with Crippen molar-refractivity contribution < 1.29 is 9.32 Å². The number of carbonyl (C=O) groups excluding carboxylic acids is 1. The topological polar surface area (TPSA) is 84.2 Å². The van der Waals surface area contributed by atoms with Crippen molar-refractivity contribution in [1.29, 1.82) is 0 Å². The number of aromatic nitrogens is 3. The van der Waals surface area contributed by atoms with E-state index >= 15 is 0 Å². The first kappa shape index (κ1) is 14.2. The molecule has 3 heterocycles. The molecule has 2 atom stereocenters. The lowest BCUT2D eigenvalue weighted by atomic mass is 10.1. The third-order valence-electron chi connectivity index (χ3n) is 4.56. The Morgan fingerprint density at radius 1 is 1.39 bits per heavy atom. The van der Waals surface area contributed by atoms with E-state index in [4.69, 9.17) is 4.52 Å². The minimum absolute atomic E-state index is 0.0681. The van der Waals surface area contributed by atoms with E-state index in [-0.39, 0.29) is 11.9 Å². The molecule has 1 aliphatic carbocycles. The summed E-state index contributed by atoms with van der Waals surface area (Å²) in [6, 6.07) is 3.73. The molecule has 0 unspecified atom stereocenters. The van der Waals surface area contributed by atoms with E-state index in [1.54, 1.807) is 18.6 Å². The maximum Gasteiger partial charge on any atom is 0.273 e. The van der Waals surface area contributed by atoms with Crippen LogP contribution in [0.25, 0.3) is 0 Å². The van der Waals surface area contributed by atoms with Gasteiger partial charge in [-0.3, -0.25) is 4.79 Å². The molecule has 1 amide bonds. The van der Waals surface area contributed by atoms with Crippen LogP contribution < -0.4 is 10.2 Å². The SMILES string of the molecule is C[C@@H]1CN(c2ccncn2)C[C@@H]1NC(=O)c1cc(C2CC2)on1. The van der Waals surface area contributed by atoms with Crippen molar-refractivity contribution in [2.75, 3.05) is 18.0 Å². The van der Waals surface area contributed by atoms with Crippen molar-refractivity contribution in [2.45, 2.75) is 31.7 Å². The van der Waals surface area contributed by atoms with Crippen LogP contribution in [0.1, 0.15) is 41.9 Å². The van der Waals surface area contributed by atoms with Crippen LogP contribution in [0, 0.1) is 5.92 Å². The Bertz CT molecular complexity index is 698. The highest BCUT2D eigenvalue weighted by Crippen LogP contribution is 2.40. The van der Waals surface area contributed by atoms with Gasteiger partial charge in [-0.2, -0.15) is 0 Å². The summed E-state index contributed by atoms with van der Waals surface area (Å²) in [7, 11) is 0. The molecular weight excluding hydrogens is 294 g/mol. The highest BCUT2D eigenvalue weighted by molar-refractivity contribution is 5.92. The first-order chi connectivity index (χ1) is 11.2. The largest absolute Gasteiger partial charge is 0.360 e. The number of rotatable bonds is 4. The molecule has 1 saturated carbocycles. The van der Waals surface area contributed by atoms with Gasteiger partial charge < -0.3 is 14.7 Å². The van der Waals surface area contributed by atoms with Gasteiger partial charge in [-0.15, -0.1) is 0 Å². The van der Waals surface area contributed by atoms with E-state index in [1.165, 1.54) is 0 Å². The Balaban J connectivity index is 1.40. The Hall–Kier alpha value is -2.44. The molecule has 2 aliphatic rings. The second kappa shape index (κ2) is 5.64. The molecule has 1 N–H and O–H groups in total. The fourth-order valence-corrected chi connectivity index (χ4v) is 3.01. The van der Waals surface area contributed by atoms with Gasteiger partial charge in [0.05, 0.1) is 6.04 Å². The molecule has 0 bridgehead atoms. The molecule has 0 radical (unpaired) electrons. The summed E-state index contributed by atoms with van der Waals surface area (Å²) in [4.78, 5) is 22.7. The molecular formula is C16H19N5O2. The zero-order valence-electron chi connectivity index (χ0n) is 13.0. The molecule has 120 valence electrons. The summed E-state index contributed by atoms with van der Waals surface area (Å²) in [5, 5.41) is 6.97. The zero-order chi connectivity index (χ0) is 15.8. The van der Waals surface area contributed by atoms with Crippen LogP contribution in [0.4, 0.5) is 5.82 Å². The van der Waals surface area contributed by atoms with Gasteiger partial charge in [-0.05, 0) is 24.8 Å². The first-order valence-electron chi connectivity index (χ1n) is 7.99. The second-order valence-corrected chi connectivity index (χ2v) is 6.42. The van der Waals surface area contributed by atoms with Gasteiger partial charge >= 0.3 is 0 Å². The van der Waals surface area contributed by atoms with E-state index < -0.39 is 0 Å². The summed E-state index contributed by atoms with van der Waals surface area (Å²) >= 11 is 0. The van der Waals surface area contributed by atoms with Crippen molar-refractivity contribution in [3.05, 3.63) is 36.1 Å². The summed E-state index contributed by atoms with van der Waals surface area (Å²) < 4.78 is 5.25. The van der Waals surface area contributed by atoms with Gasteiger partial charge in [0.25, 0.3) is 5.91 Å². The lowest BCUT2D eigenvalue weighted by Gasteiger charge is -2.17. The Morgan fingerprint density at radius 3 is 3.00 bits per heavy atom. The van der Waals surface area contributed by atoms with Crippen LogP contribution in [0.2, 0.25) is 0 Å². The maximum atomic E-state index is 12.4. The molecule has 1 aliphatic heterocycles. The summed E-state index contributed by atoms with van der Waals surface area (Å²) in [6.45, 7) is 3.72. The molecule has 0 aromatic carbocycles. The molecule has 4 rings (SSSR count). The Labute approximate surface area is 134 Å². The fraction of sp³-hybridized carbons (Fsp3) is 0.500. The summed E-state index contributed by atoms with van der Waals surface area (Å²) in [5.41, 5.74) is 0.375. The number of nitrogens with one attached hydrogen (secondary N) is 1. The average Bonchev–Trinajstić information content (AvgIpc) is 3.18. The monoisotopic (exact) mass is 313 g/mol. The Kier molecular flexibility index (Phi) is 3.48. The smallest absolute Gasteiger partial charge is 0.273 e. The number of nitrogens with zero attached hydrogens (tertiary/aromatic N) is 4. The molecule has 2 aromatic rings. The number of carbonyl (C=O) groups is 1. The van der Waals surface area contributed by atoms with Crippen LogP contribution in [0.3, 0.4) is 0 Å². The predicted molar refractivity (Wildman–Crippen MR) is 83.1 cm³/mol. The highest BCUT2D eigenvalue weighted by atomic mass is 16.5. The number of hydrogen-bond acceptors (Lipinski definition) is 6. The fourth-order valence-electron chi connectivity index (χ4n) is 3.01. The van der Waals surface area contributed by atoms with E-state index in [0.29, 0.717) is 17.5 Å². The van der Waals surface area contributed by atoms with E-state index in [1.807, 2.05) is 6.07 Å². The van der Waals surface area contributed by atoms with E-state index in [9.17, 15) is 4.79 Å². The number of anilines is 1. The second-order valence-electron chi connectivity index (χ2n) is 6.42. The van der Waals surface area contributed by atoms with Crippen LogP contribution in [-0.4, -0.2) is 40.2 Å². The van der Waals surface area contributed by atoms with E-state index in [0.717, 1.165) is 37.5 Å².